The van der Waals surface area contributed by atoms with Crippen LogP contribution in [0.25, 0.3) is 11.2 Å². The molecule has 1 fully saturated rings. The zero-order valence-electron chi connectivity index (χ0n) is 15.2. The highest BCUT2D eigenvalue weighted by molar-refractivity contribution is 6.30. The second-order valence-electron chi connectivity index (χ2n) is 6.68. The Balaban J connectivity index is 1.58. The highest BCUT2D eigenvalue weighted by Crippen LogP contribution is 2.31. The monoisotopic (exact) mass is 421 g/mol. The van der Waals surface area contributed by atoms with Gasteiger partial charge in [0.05, 0.1) is 12.4 Å². The first kappa shape index (κ1) is 19.6. The molecule has 2 aromatic heterocycles. The van der Waals surface area contributed by atoms with Crippen molar-refractivity contribution in [2.75, 3.05) is 0 Å². The molecule has 4 rings (SSSR count). The third kappa shape index (κ3) is 3.55. The van der Waals surface area contributed by atoms with Gasteiger partial charge in [-0.2, -0.15) is 0 Å². The number of nitrogens with zero attached hydrogens (tertiary/aromatic N) is 4. The van der Waals surface area contributed by atoms with Crippen molar-refractivity contribution in [2.45, 2.75) is 38.0 Å². The van der Waals surface area contributed by atoms with E-state index in [2.05, 4.69) is 20.3 Å². The van der Waals surface area contributed by atoms with E-state index in [1.165, 1.54) is 29.4 Å². The van der Waals surface area contributed by atoms with Gasteiger partial charge in [0, 0.05) is 17.1 Å². The second kappa shape index (κ2) is 7.64. The molecule has 9 nitrogen and oxygen atoms in total. The predicted octanol–water partition coefficient (Wildman–Crippen LogP) is 1.19. The lowest BCUT2D eigenvalue weighted by atomic mass is 10.1. The number of aliphatic hydroxyl groups is 2. The first-order chi connectivity index (χ1) is 13.9. The molecule has 0 bridgehead atoms. The molecule has 0 spiro atoms. The van der Waals surface area contributed by atoms with Crippen LogP contribution in [0.3, 0.4) is 0 Å². The number of benzene rings is 1. The maximum absolute atomic E-state index is 13.9. The number of nitrogens with one attached hydrogen (secondary N) is 1. The van der Waals surface area contributed by atoms with Crippen LogP contribution in [0.1, 0.15) is 29.2 Å². The van der Waals surface area contributed by atoms with E-state index in [1.54, 1.807) is 6.92 Å². The van der Waals surface area contributed by atoms with E-state index in [0.29, 0.717) is 0 Å². The first-order valence-corrected chi connectivity index (χ1v) is 9.16. The molecule has 3 heterocycles. The van der Waals surface area contributed by atoms with Crippen molar-refractivity contribution >= 4 is 28.7 Å². The lowest BCUT2D eigenvalue weighted by molar-refractivity contribution is -0.0299. The van der Waals surface area contributed by atoms with Gasteiger partial charge in [-0.25, -0.2) is 19.3 Å². The average molecular weight is 422 g/mol. The Morgan fingerprint density at radius 1 is 1.31 bits per heavy atom. The number of rotatable bonds is 4. The third-order valence-corrected chi connectivity index (χ3v) is 5.01. The maximum Gasteiger partial charge on any atom is 0.272 e. The largest absolute Gasteiger partial charge is 0.388 e. The van der Waals surface area contributed by atoms with Gasteiger partial charge in [-0.15, -0.1) is 0 Å². The van der Waals surface area contributed by atoms with Crippen molar-refractivity contribution in [3.8, 4) is 0 Å². The standard InChI is InChI=1S/C18H17ClFN5O4/c1-8-14(26)15(27)18(29-8)25-7-24-12-13(22-6-23-16(12)25)17(28)21-5-9-2-3-10(19)4-11(9)20/h2-4,6-8,14-15,18,26-27H,5H2,1H3,(H,21,28)/t8-,14-,15-,18-/m1/s1. The van der Waals surface area contributed by atoms with Gasteiger partial charge in [0.2, 0.25) is 0 Å². The number of aromatic nitrogens is 4. The summed E-state index contributed by atoms with van der Waals surface area (Å²) in [6.45, 7) is 1.57. The molecular weight excluding hydrogens is 405 g/mol. The van der Waals surface area contributed by atoms with Crippen LogP contribution in [0.4, 0.5) is 4.39 Å². The van der Waals surface area contributed by atoms with E-state index in [0.717, 1.165) is 6.07 Å². The number of amides is 1. The second-order valence-corrected chi connectivity index (χ2v) is 7.11. The van der Waals surface area contributed by atoms with Crippen LogP contribution in [-0.4, -0.2) is 54.0 Å². The molecule has 1 amide bonds. The van der Waals surface area contributed by atoms with Gasteiger partial charge >= 0.3 is 0 Å². The molecule has 0 unspecified atom stereocenters. The Bertz CT molecular complexity index is 1080. The van der Waals surface area contributed by atoms with Crippen molar-refractivity contribution in [1.29, 1.82) is 0 Å². The Hall–Kier alpha value is -2.66. The van der Waals surface area contributed by atoms with Gasteiger partial charge < -0.3 is 20.3 Å². The van der Waals surface area contributed by atoms with Crippen molar-refractivity contribution in [3.05, 3.63) is 53.0 Å². The van der Waals surface area contributed by atoms with E-state index in [1.807, 2.05) is 0 Å². The number of ether oxygens (including phenoxy) is 1. The highest BCUT2D eigenvalue weighted by atomic mass is 35.5. The van der Waals surface area contributed by atoms with Crippen LogP contribution < -0.4 is 5.32 Å². The summed E-state index contributed by atoms with van der Waals surface area (Å²) in [4.78, 5) is 24.9. The molecule has 1 aliphatic heterocycles. The summed E-state index contributed by atoms with van der Waals surface area (Å²) in [6.07, 6.45) is -1.18. The zero-order valence-corrected chi connectivity index (χ0v) is 15.9. The lowest BCUT2D eigenvalue weighted by Gasteiger charge is -2.16. The van der Waals surface area contributed by atoms with Crippen LogP contribution in [0, 0.1) is 5.82 Å². The van der Waals surface area contributed by atoms with E-state index < -0.39 is 36.3 Å². The Labute approximate surface area is 169 Å². The molecule has 0 saturated carbocycles. The van der Waals surface area contributed by atoms with Gasteiger partial charge in [-0.3, -0.25) is 9.36 Å². The minimum Gasteiger partial charge on any atom is -0.388 e. The third-order valence-electron chi connectivity index (χ3n) is 4.78. The summed E-state index contributed by atoms with van der Waals surface area (Å²) >= 11 is 5.73. The van der Waals surface area contributed by atoms with Crippen LogP contribution in [0.2, 0.25) is 5.02 Å². The summed E-state index contributed by atoms with van der Waals surface area (Å²) in [7, 11) is 0. The van der Waals surface area contributed by atoms with E-state index in [4.69, 9.17) is 16.3 Å². The summed E-state index contributed by atoms with van der Waals surface area (Å²) in [5.41, 5.74) is 0.702. The maximum atomic E-state index is 13.9. The van der Waals surface area contributed by atoms with Gasteiger partial charge in [0.15, 0.2) is 17.6 Å². The molecule has 29 heavy (non-hydrogen) atoms. The normalized spacial score (nSPS) is 24.2. The van der Waals surface area contributed by atoms with E-state index in [9.17, 15) is 19.4 Å². The minimum absolute atomic E-state index is 0.01000. The molecule has 4 atom stereocenters. The topological polar surface area (TPSA) is 122 Å². The number of carbonyl (C=O) groups excluding carboxylic acids is 1. The Kier molecular flexibility index (Phi) is 5.17. The van der Waals surface area contributed by atoms with Crippen LogP contribution in [0.15, 0.2) is 30.9 Å². The van der Waals surface area contributed by atoms with Gasteiger partial charge in [0.1, 0.15) is 29.9 Å². The summed E-state index contributed by atoms with van der Waals surface area (Å²) < 4.78 is 20.9. The molecule has 3 aromatic rings. The van der Waals surface area contributed by atoms with Gasteiger partial charge in [-0.1, -0.05) is 17.7 Å². The Morgan fingerprint density at radius 3 is 2.79 bits per heavy atom. The summed E-state index contributed by atoms with van der Waals surface area (Å²) in [5, 5.41) is 23.0. The number of carbonyl (C=O) groups is 1. The Morgan fingerprint density at radius 2 is 2.10 bits per heavy atom. The molecule has 0 aliphatic carbocycles. The number of hydrogen-bond acceptors (Lipinski definition) is 7. The SMILES string of the molecule is C[C@H]1O[C@@H](n2cnc3c(C(=O)NCc4ccc(Cl)cc4F)ncnc32)[C@H](O)[C@@H]1O. The predicted molar refractivity (Wildman–Crippen MR) is 99.5 cm³/mol. The smallest absolute Gasteiger partial charge is 0.272 e. The van der Waals surface area contributed by atoms with Gasteiger partial charge in [-0.05, 0) is 19.1 Å². The van der Waals surface area contributed by atoms with Crippen molar-refractivity contribution < 1.29 is 24.1 Å². The summed E-state index contributed by atoms with van der Waals surface area (Å²) in [6, 6.07) is 4.17. The number of halogens is 2. The molecule has 3 N–H and O–H groups in total. The van der Waals surface area contributed by atoms with Crippen LogP contribution >= 0.6 is 11.6 Å². The molecule has 11 heteroatoms. The molecule has 1 saturated heterocycles. The van der Waals surface area contributed by atoms with Crippen molar-refractivity contribution in [2.24, 2.45) is 0 Å². The van der Waals surface area contributed by atoms with Gasteiger partial charge in [0.25, 0.3) is 5.91 Å². The minimum atomic E-state index is -1.18. The summed E-state index contributed by atoms with van der Waals surface area (Å²) in [5.74, 6) is -1.10. The van der Waals surface area contributed by atoms with Crippen molar-refractivity contribution in [3.63, 3.8) is 0 Å². The van der Waals surface area contributed by atoms with Crippen LogP contribution in [-0.2, 0) is 11.3 Å². The van der Waals surface area contributed by atoms with E-state index >= 15 is 0 Å². The van der Waals surface area contributed by atoms with Crippen LogP contribution in [0.5, 0.6) is 0 Å². The number of aliphatic hydroxyl groups excluding tert-OH is 2. The van der Waals surface area contributed by atoms with Crippen molar-refractivity contribution in [1.82, 2.24) is 24.8 Å². The number of imidazole rings is 1. The molecular formula is C18H17ClFN5O4. The zero-order chi connectivity index (χ0) is 20.7. The fraction of sp³-hybridized carbons (Fsp3) is 0.333. The fourth-order valence-corrected chi connectivity index (χ4v) is 3.34. The fourth-order valence-electron chi connectivity index (χ4n) is 3.19. The number of fused-ring (bicyclic) bond motifs is 1. The highest BCUT2D eigenvalue weighted by Gasteiger charge is 2.42. The number of hydrogen-bond donors (Lipinski definition) is 3. The first-order valence-electron chi connectivity index (χ1n) is 8.78. The molecule has 152 valence electrons. The lowest BCUT2D eigenvalue weighted by Crippen LogP contribution is -2.30. The van der Waals surface area contributed by atoms with E-state index in [-0.39, 0.29) is 34.0 Å². The average Bonchev–Trinajstić information content (AvgIpc) is 3.23. The molecule has 0 radical (unpaired) electrons. The quantitative estimate of drug-likeness (QED) is 0.578. The molecule has 1 aliphatic rings. The molecule has 1 aromatic carbocycles.